The molecule has 0 N–H and O–H groups in total. The summed E-state index contributed by atoms with van der Waals surface area (Å²) in [6.45, 7) is 3.32. The molecule has 128 valence electrons. The van der Waals surface area contributed by atoms with Crippen LogP contribution in [0.15, 0.2) is 40.6 Å². The van der Waals surface area contributed by atoms with Crippen LogP contribution in [0.5, 0.6) is 0 Å². The average Bonchev–Trinajstić information content (AvgIpc) is 3.08. The molecule has 0 unspecified atom stereocenters. The van der Waals surface area contributed by atoms with Crippen molar-refractivity contribution in [3.63, 3.8) is 0 Å². The predicted octanol–water partition coefficient (Wildman–Crippen LogP) is 2.59. The smallest absolute Gasteiger partial charge is 0.253 e. The van der Waals surface area contributed by atoms with Crippen LogP contribution >= 0.6 is 11.3 Å². The summed E-state index contributed by atoms with van der Waals surface area (Å²) in [5.41, 5.74) is 1.47. The molecule has 7 heteroatoms. The van der Waals surface area contributed by atoms with Crippen LogP contribution in [0.4, 0.5) is 0 Å². The molecule has 1 aromatic heterocycles. The number of thiophene rings is 1. The second-order valence-electron chi connectivity index (χ2n) is 5.80. The number of sulfonamides is 1. The molecule has 0 saturated heterocycles. The van der Waals surface area contributed by atoms with E-state index in [4.69, 9.17) is 0 Å². The Morgan fingerprint density at radius 1 is 1.33 bits per heavy atom. The van der Waals surface area contributed by atoms with Crippen LogP contribution in [0.3, 0.4) is 0 Å². The van der Waals surface area contributed by atoms with Gasteiger partial charge in [0.2, 0.25) is 10.0 Å². The lowest BCUT2D eigenvalue weighted by Crippen LogP contribution is -2.35. The fourth-order valence-electron chi connectivity index (χ4n) is 2.73. The van der Waals surface area contributed by atoms with E-state index in [1.165, 1.54) is 15.2 Å². The lowest BCUT2D eigenvalue weighted by atomic mass is 10.1. The molecule has 2 aromatic rings. The fraction of sp³-hybridized carbons (Fsp3) is 0.353. The van der Waals surface area contributed by atoms with Crippen LogP contribution in [-0.4, -0.2) is 43.7 Å². The maximum Gasteiger partial charge on any atom is 0.253 e. The third-order valence-electron chi connectivity index (χ3n) is 4.31. The molecule has 1 aliphatic heterocycles. The minimum atomic E-state index is -3.60. The molecule has 1 aromatic carbocycles. The number of hydrogen-bond acceptors (Lipinski definition) is 4. The van der Waals surface area contributed by atoms with E-state index in [0.29, 0.717) is 25.2 Å². The Bertz CT molecular complexity index is 858. The van der Waals surface area contributed by atoms with Crippen molar-refractivity contribution in [3.8, 4) is 0 Å². The Hall–Kier alpha value is -1.70. The molecular formula is C17H20N2O3S2. The largest absolute Gasteiger partial charge is 0.342 e. The fourth-order valence-corrected chi connectivity index (χ4v) is 5.09. The van der Waals surface area contributed by atoms with Crippen molar-refractivity contribution in [2.24, 2.45) is 0 Å². The first-order valence-electron chi connectivity index (χ1n) is 7.84. The summed E-state index contributed by atoms with van der Waals surface area (Å²) in [5.74, 6) is -0.173. The summed E-state index contributed by atoms with van der Waals surface area (Å²) in [4.78, 5) is 15.3. The topological polar surface area (TPSA) is 57.7 Å². The van der Waals surface area contributed by atoms with Crippen LogP contribution in [0, 0.1) is 0 Å². The standard InChI is InChI=1S/C17H20N2O3S2/c1-3-18(2)17(20)13-5-4-6-15(11-13)24(21,22)19-9-7-16-14(12-19)8-10-23-16/h4-6,8,10-11H,3,7,9,12H2,1-2H3. The molecule has 2 heterocycles. The first kappa shape index (κ1) is 17.1. The van der Waals surface area contributed by atoms with Gasteiger partial charge >= 0.3 is 0 Å². The van der Waals surface area contributed by atoms with Gasteiger partial charge in [0, 0.05) is 37.1 Å². The number of hydrogen-bond donors (Lipinski definition) is 0. The van der Waals surface area contributed by atoms with E-state index < -0.39 is 10.0 Å². The number of amides is 1. The van der Waals surface area contributed by atoms with Gasteiger partial charge in [-0.3, -0.25) is 4.79 Å². The molecule has 0 radical (unpaired) electrons. The zero-order valence-electron chi connectivity index (χ0n) is 13.7. The van der Waals surface area contributed by atoms with Crippen molar-refractivity contribution >= 4 is 27.3 Å². The molecule has 3 rings (SSSR count). The lowest BCUT2D eigenvalue weighted by molar-refractivity contribution is 0.0802. The lowest BCUT2D eigenvalue weighted by Gasteiger charge is -2.26. The molecule has 0 fully saturated rings. The molecule has 0 aliphatic carbocycles. The van der Waals surface area contributed by atoms with E-state index in [0.717, 1.165) is 12.0 Å². The zero-order chi connectivity index (χ0) is 17.3. The minimum absolute atomic E-state index is 0.173. The molecule has 0 bridgehead atoms. The van der Waals surface area contributed by atoms with E-state index >= 15 is 0 Å². The number of benzene rings is 1. The average molecular weight is 364 g/mol. The van der Waals surface area contributed by atoms with Crippen molar-refractivity contribution in [1.82, 2.24) is 9.21 Å². The number of fused-ring (bicyclic) bond motifs is 1. The SMILES string of the molecule is CCN(C)C(=O)c1cccc(S(=O)(=O)N2CCc3sccc3C2)c1. The summed E-state index contributed by atoms with van der Waals surface area (Å²) in [5, 5.41) is 2.00. The van der Waals surface area contributed by atoms with Crippen molar-refractivity contribution in [1.29, 1.82) is 0 Å². The highest BCUT2D eigenvalue weighted by Crippen LogP contribution is 2.28. The van der Waals surface area contributed by atoms with Gasteiger partial charge in [-0.2, -0.15) is 4.31 Å². The minimum Gasteiger partial charge on any atom is -0.342 e. The molecular weight excluding hydrogens is 344 g/mol. The van der Waals surface area contributed by atoms with Gasteiger partial charge in [-0.25, -0.2) is 8.42 Å². The van der Waals surface area contributed by atoms with E-state index in [1.807, 2.05) is 18.4 Å². The van der Waals surface area contributed by atoms with E-state index in [2.05, 4.69) is 0 Å². The molecule has 1 amide bonds. The van der Waals surface area contributed by atoms with E-state index in [1.54, 1.807) is 41.5 Å². The molecule has 5 nitrogen and oxygen atoms in total. The first-order chi connectivity index (χ1) is 11.4. The van der Waals surface area contributed by atoms with Crippen LogP contribution in [0.1, 0.15) is 27.7 Å². The highest BCUT2D eigenvalue weighted by molar-refractivity contribution is 7.89. The van der Waals surface area contributed by atoms with Crippen molar-refractivity contribution in [3.05, 3.63) is 51.7 Å². The maximum absolute atomic E-state index is 12.9. The Balaban J connectivity index is 1.89. The summed E-state index contributed by atoms with van der Waals surface area (Å²) in [6, 6.07) is 8.30. The van der Waals surface area contributed by atoms with Crippen LogP contribution in [0.2, 0.25) is 0 Å². The van der Waals surface area contributed by atoms with Gasteiger partial charge in [-0.15, -0.1) is 11.3 Å². The Kier molecular flexibility index (Phi) is 4.76. The van der Waals surface area contributed by atoms with Gasteiger partial charge in [0.05, 0.1) is 4.90 Å². The number of nitrogens with zero attached hydrogens (tertiary/aromatic N) is 2. The summed E-state index contributed by atoms with van der Waals surface area (Å²) >= 11 is 1.67. The monoisotopic (exact) mass is 364 g/mol. The third kappa shape index (κ3) is 3.11. The summed E-state index contributed by atoms with van der Waals surface area (Å²) in [7, 11) is -1.90. The van der Waals surface area contributed by atoms with E-state index in [-0.39, 0.29) is 10.8 Å². The predicted molar refractivity (Wildman–Crippen MR) is 94.7 cm³/mol. The van der Waals surface area contributed by atoms with Gasteiger partial charge < -0.3 is 4.90 Å². The highest BCUT2D eigenvalue weighted by Gasteiger charge is 2.29. The highest BCUT2D eigenvalue weighted by atomic mass is 32.2. The quantitative estimate of drug-likeness (QED) is 0.838. The molecule has 0 atom stereocenters. The summed E-state index contributed by atoms with van der Waals surface area (Å²) < 4.78 is 27.4. The van der Waals surface area contributed by atoms with Crippen LogP contribution < -0.4 is 0 Å². The van der Waals surface area contributed by atoms with Gasteiger partial charge in [-0.05, 0) is 48.6 Å². The maximum atomic E-state index is 12.9. The van der Waals surface area contributed by atoms with Gasteiger partial charge in [-0.1, -0.05) is 6.07 Å². The van der Waals surface area contributed by atoms with Crippen LogP contribution in [-0.2, 0) is 23.0 Å². The normalized spacial score (nSPS) is 15.1. The number of carbonyl (C=O) groups is 1. The Morgan fingerprint density at radius 3 is 2.88 bits per heavy atom. The summed E-state index contributed by atoms with van der Waals surface area (Å²) in [6.07, 6.45) is 0.740. The van der Waals surface area contributed by atoms with Crippen LogP contribution in [0.25, 0.3) is 0 Å². The number of rotatable bonds is 4. The first-order valence-corrected chi connectivity index (χ1v) is 10.2. The van der Waals surface area contributed by atoms with E-state index in [9.17, 15) is 13.2 Å². The van der Waals surface area contributed by atoms with Crippen molar-refractivity contribution in [2.75, 3.05) is 20.1 Å². The second-order valence-corrected chi connectivity index (χ2v) is 8.74. The zero-order valence-corrected chi connectivity index (χ0v) is 15.4. The van der Waals surface area contributed by atoms with Gasteiger partial charge in [0.25, 0.3) is 5.91 Å². The molecule has 1 aliphatic rings. The third-order valence-corrected chi connectivity index (χ3v) is 7.18. The Labute approximate surface area is 146 Å². The van der Waals surface area contributed by atoms with Gasteiger partial charge in [0.1, 0.15) is 0 Å². The van der Waals surface area contributed by atoms with Gasteiger partial charge in [0.15, 0.2) is 0 Å². The van der Waals surface area contributed by atoms with Crippen molar-refractivity contribution in [2.45, 2.75) is 24.8 Å². The molecule has 0 spiro atoms. The second kappa shape index (κ2) is 6.66. The molecule has 0 saturated carbocycles. The molecule has 24 heavy (non-hydrogen) atoms. The van der Waals surface area contributed by atoms with Crippen molar-refractivity contribution < 1.29 is 13.2 Å². The Morgan fingerprint density at radius 2 is 2.12 bits per heavy atom. The number of carbonyl (C=O) groups excluding carboxylic acids is 1.